The smallest absolute Gasteiger partial charge is 0.258 e. The van der Waals surface area contributed by atoms with Crippen molar-refractivity contribution in [2.45, 2.75) is 18.9 Å². The fraction of sp³-hybridized carbons (Fsp3) is 0.417. The number of nitrogens with zero attached hydrogens (tertiary/aromatic N) is 1. The second-order valence-corrected chi connectivity index (χ2v) is 5.73. The standard InChI is InChI=1S/C12H13FINO2/c1-12(17)5-6-15(7-12)11(16)10-8(13)3-2-4-9(10)14/h2-4,17H,5-7H2,1H3/t12-/m1/s1. The third-order valence-corrected chi connectivity index (χ3v) is 3.81. The van der Waals surface area contributed by atoms with E-state index in [0.717, 1.165) is 0 Å². The normalized spacial score (nSPS) is 24.1. The van der Waals surface area contributed by atoms with Gasteiger partial charge < -0.3 is 10.0 Å². The molecule has 1 aliphatic heterocycles. The SMILES string of the molecule is C[C@@]1(O)CCN(C(=O)c2c(F)cccc2I)C1. The zero-order valence-corrected chi connectivity index (χ0v) is 11.6. The van der Waals surface area contributed by atoms with Gasteiger partial charge >= 0.3 is 0 Å². The first-order valence-electron chi connectivity index (χ1n) is 5.36. The van der Waals surface area contributed by atoms with Gasteiger partial charge in [-0.15, -0.1) is 0 Å². The molecular formula is C12H13FINO2. The Morgan fingerprint density at radius 2 is 2.29 bits per heavy atom. The molecule has 0 spiro atoms. The number of amides is 1. The number of β-amino-alcohol motifs (C(OH)–C–C–N with tert-alkyl or cyclic N) is 1. The summed E-state index contributed by atoms with van der Waals surface area (Å²) < 4.78 is 14.2. The Morgan fingerprint density at radius 3 is 2.82 bits per heavy atom. The Labute approximate surface area is 113 Å². The molecule has 0 aromatic heterocycles. The Hall–Kier alpha value is -0.690. The average molecular weight is 349 g/mol. The predicted octanol–water partition coefficient (Wildman–Crippen LogP) is 2.03. The lowest BCUT2D eigenvalue weighted by atomic mass is 10.1. The van der Waals surface area contributed by atoms with Gasteiger partial charge in [-0.1, -0.05) is 6.07 Å². The van der Waals surface area contributed by atoms with Gasteiger partial charge in [0, 0.05) is 16.7 Å². The number of hydrogen-bond donors (Lipinski definition) is 1. The van der Waals surface area contributed by atoms with Crippen LogP contribution in [0.4, 0.5) is 4.39 Å². The minimum atomic E-state index is -0.855. The maximum absolute atomic E-state index is 13.6. The molecule has 1 amide bonds. The first-order valence-corrected chi connectivity index (χ1v) is 6.44. The van der Waals surface area contributed by atoms with Crippen molar-refractivity contribution in [2.24, 2.45) is 0 Å². The van der Waals surface area contributed by atoms with Crippen LogP contribution >= 0.6 is 22.6 Å². The summed E-state index contributed by atoms with van der Waals surface area (Å²) >= 11 is 1.95. The summed E-state index contributed by atoms with van der Waals surface area (Å²) in [5, 5.41) is 9.81. The highest BCUT2D eigenvalue weighted by Crippen LogP contribution is 2.24. The molecule has 1 aromatic rings. The van der Waals surface area contributed by atoms with Gasteiger partial charge in [-0.3, -0.25) is 4.79 Å². The zero-order chi connectivity index (χ0) is 12.6. The van der Waals surface area contributed by atoms with E-state index < -0.39 is 11.4 Å². The highest BCUT2D eigenvalue weighted by Gasteiger charge is 2.35. The lowest BCUT2D eigenvalue weighted by Gasteiger charge is -2.19. The van der Waals surface area contributed by atoms with Crippen LogP contribution in [-0.2, 0) is 0 Å². The van der Waals surface area contributed by atoms with Crippen molar-refractivity contribution in [3.8, 4) is 0 Å². The van der Waals surface area contributed by atoms with Gasteiger partial charge in [0.2, 0.25) is 0 Å². The van der Waals surface area contributed by atoms with Crippen LogP contribution in [0.15, 0.2) is 18.2 Å². The number of halogens is 2. The minimum absolute atomic E-state index is 0.103. The molecule has 5 heteroatoms. The molecule has 1 saturated heterocycles. The van der Waals surface area contributed by atoms with E-state index >= 15 is 0 Å². The summed E-state index contributed by atoms with van der Waals surface area (Å²) in [6.07, 6.45) is 0.532. The molecule has 1 N–H and O–H groups in total. The molecule has 1 aromatic carbocycles. The highest BCUT2D eigenvalue weighted by molar-refractivity contribution is 14.1. The summed E-state index contributed by atoms with van der Waals surface area (Å²) in [5.41, 5.74) is -0.752. The van der Waals surface area contributed by atoms with Gasteiger partial charge in [-0.05, 0) is 48.1 Å². The van der Waals surface area contributed by atoms with E-state index in [1.165, 1.54) is 11.0 Å². The number of carbonyl (C=O) groups is 1. The first kappa shape index (κ1) is 12.8. The number of hydrogen-bond acceptors (Lipinski definition) is 2. The molecule has 2 rings (SSSR count). The summed E-state index contributed by atoms with van der Waals surface area (Å²) in [6.45, 7) is 2.42. The lowest BCUT2D eigenvalue weighted by molar-refractivity contribution is 0.0569. The highest BCUT2D eigenvalue weighted by atomic mass is 127. The van der Waals surface area contributed by atoms with Crippen LogP contribution in [0.2, 0.25) is 0 Å². The summed E-state index contributed by atoms with van der Waals surface area (Å²) in [5.74, 6) is -0.848. The largest absolute Gasteiger partial charge is 0.388 e. The van der Waals surface area contributed by atoms with Crippen LogP contribution in [0.5, 0.6) is 0 Å². The topological polar surface area (TPSA) is 40.5 Å². The van der Waals surface area contributed by atoms with E-state index in [1.54, 1.807) is 19.1 Å². The third-order valence-electron chi connectivity index (χ3n) is 2.92. The van der Waals surface area contributed by atoms with Gasteiger partial charge in [-0.2, -0.15) is 0 Å². The number of carbonyl (C=O) groups excluding carboxylic acids is 1. The van der Waals surface area contributed by atoms with Gasteiger partial charge in [-0.25, -0.2) is 4.39 Å². The molecule has 1 aliphatic rings. The van der Waals surface area contributed by atoms with Crippen molar-refractivity contribution >= 4 is 28.5 Å². The van der Waals surface area contributed by atoms with Crippen molar-refractivity contribution in [1.82, 2.24) is 4.90 Å². The second kappa shape index (κ2) is 4.53. The van der Waals surface area contributed by atoms with Crippen LogP contribution in [0.3, 0.4) is 0 Å². The van der Waals surface area contributed by atoms with Gasteiger partial charge in [0.1, 0.15) is 5.82 Å². The quantitative estimate of drug-likeness (QED) is 0.789. The Morgan fingerprint density at radius 1 is 1.59 bits per heavy atom. The third kappa shape index (κ3) is 2.60. The molecule has 0 bridgehead atoms. The molecule has 0 radical (unpaired) electrons. The van der Waals surface area contributed by atoms with E-state index in [4.69, 9.17) is 0 Å². The molecule has 0 unspecified atom stereocenters. The Balaban J connectivity index is 2.27. The van der Waals surface area contributed by atoms with Crippen molar-refractivity contribution in [3.05, 3.63) is 33.1 Å². The lowest BCUT2D eigenvalue weighted by Crippen LogP contribution is -2.34. The molecule has 0 aliphatic carbocycles. The fourth-order valence-corrected chi connectivity index (χ4v) is 2.67. The van der Waals surface area contributed by atoms with Crippen LogP contribution < -0.4 is 0 Å². The van der Waals surface area contributed by atoms with Gasteiger partial charge in [0.05, 0.1) is 11.2 Å². The van der Waals surface area contributed by atoms with Gasteiger partial charge in [0.25, 0.3) is 5.91 Å². The van der Waals surface area contributed by atoms with Crippen LogP contribution in [-0.4, -0.2) is 34.6 Å². The van der Waals surface area contributed by atoms with Crippen molar-refractivity contribution in [1.29, 1.82) is 0 Å². The summed E-state index contributed by atoms with van der Waals surface area (Å²) in [4.78, 5) is 13.6. The predicted molar refractivity (Wildman–Crippen MR) is 70.3 cm³/mol. The van der Waals surface area contributed by atoms with E-state index in [1.807, 2.05) is 22.6 Å². The van der Waals surface area contributed by atoms with E-state index in [0.29, 0.717) is 16.5 Å². The molecule has 1 heterocycles. The van der Waals surface area contributed by atoms with Crippen LogP contribution in [0.25, 0.3) is 0 Å². The first-order chi connectivity index (χ1) is 7.91. The van der Waals surface area contributed by atoms with Crippen molar-refractivity contribution < 1.29 is 14.3 Å². The van der Waals surface area contributed by atoms with Crippen molar-refractivity contribution in [3.63, 3.8) is 0 Å². The van der Waals surface area contributed by atoms with Crippen molar-refractivity contribution in [2.75, 3.05) is 13.1 Å². The minimum Gasteiger partial charge on any atom is -0.388 e. The zero-order valence-electron chi connectivity index (χ0n) is 9.41. The van der Waals surface area contributed by atoms with Crippen LogP contribution in [0, 0.1) is 9.39 Å². The van der Waals surface area contributed by atoms with E-state index in [9.17, 15) is 14.3 Å². The summed E-state index contributed by atoms with van der Waals surface area (Å²) in [7, 11) is 0. The maximum atomic E-state index is 13.6. The van der Waals surface area contributed by atoms with Gasteiger partial charge in [0.15, 0.2) is 0 Å². The van der Waals surface area contributed by atoms with Crippen LogP contribution in [0.1, 0.15) is 23.7 Å². The fourth-order valence-electron chi connectivity index (χ4n) is 1.98. The second-order valence-electron chi connectivity index (χ2n) is 4.57. The molecular weight excluding hydrogens is 336 g/mol. The number of rotatable bonds is 1. The van der Waals surface area contributed by atoms with E-state index in [2.05, 4.69) is 0 Å². The molecule has 3 nitrogen and oxygen atoms in total. The van der Waals surface area contributed by atoms with E-state index in [-0.39, 0.29) is 18.0 Å². The molecule has 0 saturated carbocycles. The Kier molecular flexibility index (Phi) is 3.40. The average Bonchev–Trinajstić information content (AvgIpc) is 2.58. The number of aliphatic hydroxyl groups is 1. The molecule has 17 heavy (non-hydrogen) atoms. The Bertz CT molecular complexity index is 442. The molecule has 1 atom stereocenters. The molecule has 1 fully saturated rings. The number of benzene rings is 1. The maximum Gasteiger partial charge on any atom is 0.258 e. The molecule has 92 valence electrons. The number of likely N-dealkylation sites (tertiary alicyclic amines) is 1. The monoisotopic (exact) mass is 349 g/mol. The summed E-state index contributed by atoms with van der Waals surface area (Å²) in [6, 6.07) is 4.56.